The van der Waals surface area contributed by atoms with Crippen LogP contribution in [-0.4, -0.2) is 37.2 Å². The van der Waals surface area contributed by atoms with E-state index < -0.39 is 6.10 Å². The fourth-order valence-corrected chi connectivity index (χ4v) is 9.13. The molecule has 0 N–H and O–H groups in total. The van der Waals surface area contributed by atoms with Gasteiger partial charge in [0.25, 0.3) is 0 Å². The third-order valence-electron chi connectivity index (χ3n) is 14.0. The van der Waals surface area contributed by atoms with Crippen molar-refractivity contribution in [3.63, 3.8) is 0 Å². The zero-order valence-electron chi connectivity index (χ0n) is 48.7. The lowest BCUT2D eigenvalue weighted by Crippen LogP contribution is -2.30. The van der Waals surface area contributed by atoms with E-state index in [0.29, 0.717) is 19.3 Å². The smallest absolute Gasteiger partial charge is 0.306 e. The van der Waals surface area contributed by atoms with Crippen molar-refractivity contribution >= 4 is 17.9 Å². The van der Waals surface area contributed by atoms with Crippen molar-refractivity contribution in [1.82, 2.24) is 0 Å². The molecule has 0 spiro atoms. The largest absolute Gasteiger partial charge is 0.462 e. The molecule has 0 aliphatic carbocycles. The van der Waals surface area contributed by atoms with Crippen LogP contribution < -0.4 is 0 Å². The van der Waals surface area contributed by atoms with E-state index in [-0.39, 0.29) is 31.1 Å². The molecule has 0 saturated carbocycles. The fourth-order valence-electron chi connectivity index (χ4n) is 9.13. The van der Waals surface area contributed by atoms with Gasteiger partial charge in [-0.15, -0.1) is 0 Å². The van der Waals surface area contributed by atoms with E-state index in [9.17, 15) is 14.4 Å². The first-order chi connectivity index (χ1) is 36.0. The van der Waals surface area contributed by atoms with E-state index in [2.05, 4.69) is 81.5 Å². The Balaban J connectivity index is 4.17. The monoisotopic (exact) mass is 1020 g/mol. The minimum absolute atomic E-state index is 0.0784. The molecule has 0 aromatic rings. The lowest BCUT2D eigenvalue weighted by atomic mass is 10.0. The number of unbranched alkanes of at least 4 members (excludes halogenated alkanes) is 37. The lowest BCUT2D eigenvalue weighted by molar-refractivity contribution is -0.167. The maximum absolute atomic E-state index is 12.9. The molecular weight excluding hydrogens is 901 g/mol. The zero-order valence-corrected chi connectivity index (χ0v) is 48.7. The topological polar surface area (TPSA) is 78.9 Å². The summed E-state index contributed by atoms with van der Waals surface area (Å²) in [4.78, 5) is 38.2. The molecule has 0 aliphatic heterocycles. The first-order valence-electron chi connectivity index (χ1n) is 31.8. The average Bonchev–Trinajstić information content (AvgIpc) is 3.39. The van der Waals surface area contributed by atoms with Crippen LogP contribution in [0.1, 0.15) is 329 Å². The molecule has 0 bridgehead atoms. The molecule has 6 heteroatoms. The molecule has 6 nitrogen and oxygen atoms in total. The normalized spacial score (nSPS) is 12.4. The van der Waals surface area contributed by atoms with Crippen LogP contribution in [0.2, 0.25) is 0 Å². The van der Waals surface area contributed by atoms with E-state index in [0.717, 1.165) is 89.9 Å². The van der Waals surface area contributed by atoms with Crippen molar-refractivity contribution in [3.8, 4) is 0 Å². The van der Waals surface area contributed by atoms with Gasteiger partial charge in [-0.3, -0.25) is 14.4 Å². The Hall–Kier alpha value is -2.89. The molecule has 0 aromatic heterocycles. The van der Waals surface area contributed by atoms with Gasteiger partial charge < -0.3 is 14.2 Å². The lowest BCUT2D eigenvalue weighted by Gasteiger charge is -2.18. The highest BCUT2D eigenvalue weighted by Crippen LogP contribution is 2.16. The molecule has 0 aromatic carbocycles. The molecule has 0 rings (SSSR count). The van der Waals surface area contributed by atoms with Crippen molar-refractivity contribution < 1.29 is 28.6 Å². The molecule has 424 valence electrons. The van der Waals surface area contributed by atoms with E-state index in [1.54, 1.807) is 0 Å². The van der Waals surface area contributed by atoms with Gasteiger partial charge in [0.05, 0.1) is 0 Å². The van der Waals surface area contributed by atoms with Gasteiger partial charge in [0.1, 0.15) is 13.2 Å². The highest BCUT2D eigenvalue weighted by Gasteiger charge is 2.19. The van der Waals surface area contributed by atoms with Gasteiger partial charge in [-0.2, -0.15) is 0 Å². The third-order valence-corrected chi connectivity index (χ3v) is 14.0. The van der Waals surface area contributed by atoms with Crippen molar-refractivity contribution in [2.45, 2.75) is 335 Å². The van der Waals surface area contributed by atoms with Crippen LogP contribution in [0, 0.1) is 0 Å². The Morgan fingerprint density at radius 3 is 0.822 bits per heavy atom. The molecular formula is C67H120O6. The van der Waals surface area contributed by atoms with Gasteiger partial charge in [-0.05, 0) is 103 Å². The Bertz CT molecular complexity index is 1310. The Morgan fingerprint density at radius 1 is 0.274 bits per heavy atom. The number of carbonyl (C=O) groups is 3. The summed E-state index contributed by atoms with van der Waals surface area (Å²) in [6, 6.07) is 0. The molecule has 0 amide bonds. The maximum Gasteiger partial charge on any atom is 0.306 e. The molecule has 0 heterocycles. The van der Waals surface area contributed by atoms with Gasteiger partial charge in [-0.1, -0.05) is 268 Å². The van der Waals surface area contributed by atoms with Gasteiger partial charge in [0.2, 0.25) is 0 Å². The minimum Gasteiger partial charge on any atom is -0.462 e. The van der Waals surface area contributed by atoms with Crippen LogP contribution in [0.3, 0.4) is 0 Å². The van der Waals surface area contributed by atoms with Crippen LogP contribution in [0.5, 0.6) is 0 Å². The minimum atomic E-state index is -0.781. The number of hydrogen-bond acceptors (Lipinski definition) is 6. The highest BCUT2D eigenvalue weighted by atomic mass is 16.6. The Labute approximate surface area is 453 Å². The summed E-state index contributed by atoms with van der Waals surface area (Å²) in [6.07, 6.45) is 78.1. The summed E-state index contributed by atoms with van der Waals surface area (Å²) in [5, 5.41) is 0. The van der Waals surface area contributed by atoms with Crippen LogP contribution >= 0.6 is 0 Å². The molecule has 0 aliphatic rings. The van der Waals surface area contributed by atoms with E-state index in [1.165, 1.54) is 199 Å². The van der Waals surface area contributed by atoms with Gasteiger partial charge >= 0.3 is 17.9 Å². The van der Waals surface area contributed by atoms with Gasteiger partial charge in [-0.25, -0.2) is 0 Å². The molecule has 73 heavy (non-hydrogen) atoms. The highest BCUT2D eigenvalue weighted by molar-refractivity contribution is 5.71. The van der Waals surface area contributed by atoms with Crippen LogP contribution in [0.15, 0.2) is 60.8 Å². The number of esters is 3. The quantitative estimate of drug-likeness (QED) is 0.0261. The Morgan fingerprint density at radius 2 is 0.507 bits per heavy atom. The van der Waals surface area contributed by atoms with Crippen molar-refractivity contribution in [3.05, 3.63) is 60.8 Å². The number of carbonyl (C=O) groups excluding carboxylic acids is 3. The summed E-state index contributed by atoms with van der Waals surface area (Å²) in [5.41, 5.74) is 0. The summed E-state index contributed by atoms with van der Waals surface area (Å²) in [7, 11) is 0. The fraction of sp³-hybridized carbons (Fsp3) is 0.806. The van der Waals surface area contributed by atoms with Crippen LogP contribution in [-0.2, 0) is 28.6 Å². The first-order valence-corrected chi connectivity index (χ1v) is 31.8. The first kappa shape index (κ1) is 70.1. The summed E-state index contributed by atoms with van der Waals surface area (Å²) >= 11 is 0. The average molecular weight is 1020 g/mol. The zero-order chi connectivity index (χ0) is 52.9. The van der Waals surface area contributed by atoms with Gasteiger partial charge in [0, 0.05) is 19.3 Å². The van der Waals surface area contributed by atoms with Crippen LogP contribution in [0.4, 0.5) is 0 Å². The maximum atomic E-state index is 12.9. The molecule has 0 saturated heterocycles. The number of allylic oxidation sites excluding steroid dienone is 10. The standard InChI is InChI=1S/C67H120O6/c1-4-7-10-13-16-19-22-24-26-27-28-29-30-31-32-33-34-35-36-37-38-39-41-42-45-48-51-54-57-60-66(69)72-63-64(62-71-65(68)59-56-53-50-47-44-21-18-15-12-9-6-3)73-67(70)61-58-55-52-49-46-43-40-25-23-20-17-14-11-8-5-2/h15,18,22,24-25,27-28,30-31,40,64H,4-14,16-17,19-21,23,26,29,32-39,41-63H2,1-3H3/b18-15-,24-22-,28-27-,31-30-,40-25-. The molecule has 0 fully saturated rings. The second kappa shape index (κ2) is 61.7. The van der Waals surface area contributed by atoms with Crippen molar-refractivity contribution in [2.24, 2.45) is 0 Å². The van der Waals surface area contributed by atoms with Crippen LogP contribution in [0.25, 0.3) is 0 Å². The van der Waals surface area contributed by atoms with Crippen molar-refractivity contribution in [2.75, 3.05) is 13.2 Å². The molecule has 1 atom stereocenters. The predicted octanol–water partition coefficient (Wildman–Crippen LogP) is 21.6. The number of ether oxygens (including phenoxy) is 3. The third kappa shape index (κ3) is 59.9. The van der Waals surface area contributed by atoms with Crippen molar-refractivity contribution in [1.29, 1.82) is 0 Å². The number of hydrogen-bond donors (Lipinski definition) is 0. The summed E-state index contributed by atoms with van der Waals surface area (Å²) in [6.45, 7) is 6.60. The molecule has 1 unspecified atom stereocenters. The summed E-state index contributed by atoms with van der Waals surface area (Å²) in [5.74, 6) is -0.884. The van der Waals surface area contributed by atoms with Gasteiger partial charge in [0.15, 0.2) is 6.10 Å². The van der Waals surface area contributed by atoms with E-state index in [1.807, 2.05) is 0 Å². The summed E-state index contributed by atoms with van der Waals surface area (Å²) < 4.78 is 16.9. The number of rotatable bonds is 58. The van der Waals surface area contributed by atoms with E-state index in [4.69, 9.17) is 14.2 Å². The SMILES string of the molecule is CCCC/C=C\CCCCCCCC(=O)OCC(COC(=O)CCCCCCCCCCCCCCCC/C=C\C/C=C\C/C=C\CCCCCCC)OC(=O)CCCCCCC/C=C\CCCCCCCC. The molecule has 0 radical (unpaired) electrons. The van der Waals surface area contributed by atoms with E-state index >= 15 is 0 Å². The second-order valence-corrected chi connectivity index (χ2v) is 21.3. The predicted molar refractivity (Wildman–Crippen MR) is 316 cm³/mol. The second-order valence-electron chi connectivity index (χ2n) is 21.3. The Kier molecular flexibility index (Phi) is 59.2.